The van der Waals surface area contributed by atoms with Crippen LogP contribution in [0.1, 0.15) is 18.4 Å². The number of nitrogens with one attached hydrogen (secondary N) is 2. The minimum Gasteiger partial charge on any atom is -0.375 e. The van der Waals surface area contributed by atoms with Crippen molar-refractivity contribution in [1.29, 1.82) is 0 Å². The van der Waals surface area contributed by atoms with Crippen LogP contribution in [0.15, 0.2) is 30.3 Å². The molecule has 0 unspecified atom stereocenters. The summed E-state index contributed by atoms with van der Waals surface area (Å²) in [6, 6.07) is 10.4. The minimum absolute atomic E-state index is 0.0452. The van der Waals surface area contributed by atoms with E-state index in [1.807, 2.05) is 18.2 Å². The highest BCUT2D eigenvalue weighted by Gasteiger charge is 2.57. The van der Waals surface area contributed by atoms with E-state index in [0.717, 1.165) is 26.1 Å². The number of hydrogen-bond donors (Lipinski definition) is 2. The first-order chi connectivity index (χ1) is 12.1. The van der Waals surface area contributed by atoms with Crippen molar-refractivity contribution in [3.05, 3.63) is 35.9 Å². The third-order valence-electron chi connectivity index (χ3n) is 5.51. The lowest BCUT2D eigenvalue weighted by molar-refractivity contribution is -0.131. The van der Waals surface area contributed by atoms with E-state index < -0.39 is 5.41 Å². The smallest absolute Gasteiger partial charge is 0.246 e. The summed E-state index contributed by atoms with van der Waals surface area (Å²) < 4.78 is 4.89. The molecule has 2 amide bonds. The van der Waals surface area contributed by atoms with E-state index in [1.54, 1.807) is 7.05 Å². The van der Waals surface area contributed by atoms with Gasteiger partial charge in [0.2, 0.25) is 11.8 Å². The van der Waals surface area contributed by atoms with Crippen LogP contribution in [0.4, 0.5) is 0 Å². The number of carbonyl (C=O) groups excluding carboxylic acids is 2. The number of rotatable bonds is 6. The van der Waals surface area contributed by atoms with Crippen LogP contribution in [0.3, 0.4) is 0 Å². The number of methoxy groups -OCH3 is 1. The van der Waals surface area contributed by atoms with E-state index in [-0.39, 0.29) is 30.4 Å². The van der Waals surface area contributed by atoms with Gasteiger partial charge in [0.1, 0.15) is 6.61 Å². The molecule has 2 aliphatic rings. The summed E-state index contributed by atoms with van der Waals surface area (Å²) in [5, 5.41) is 5.86. The summed E-state index contributed by atoms with van der Waals surface area (Å²) in [4.78, 5) is 26.9. The van der Waals surface area contributed by atoms with E-state index in [0.29, 0.717) is 6.42 Å². The molecular formula is C19H27N3O3. The predicted octanol–water partition coefficient (Wildman–Crippen LogP) is 0.776. The Morgan fingerprint density at radius 1 is 1.32 bits per heavy atom. The first-order valence-electron chi connectivity index (χ1n) is 8.84. The highest BCUT2D eigenvalue weighted by Crippen LogP contribution is 2.49. The standard InChI is InChI=1S/C19H27N3O3/c1-20-18(24)19-9-16(21-17(23)12-25-2)8-15(19)11-22(13-19)10-14-6-4-3-5-7-14/h3-7,15-16H,8-13H2,1-2H3,(H,20,24)(H,21,23)/t15-,16-,19-/m0/s1. The van der Waals surface area contributed by atoms with Gasteiger partial charge in [0.15, 0.2) is 0 Å². The lowest BCUT2D eigenvalue weighted by Crippen LogP contribution is -2.44. The van der Waals surface area contributed by atoms with Gasteiger partial charge in [-0.05, 0) is 24.3 Å². The van der Waals surface area contributed by atoms with Gasteiger partial charge in [0.25, 0.3) is 0 Å². The van der Waals surface area contributed by atoms with Gasteiger partial charge in [-0.2, -0.15) is 0 Å². The highest BCUT2D eigenvalue weighted by atomic mass is 16.5. The summed E-state index contributed by atoms with van der Waals surface area (Å²) >= 11 is 0. The zero-order valence-electron chi connectivity index (χ0n) is 15.0. The second kappa shape index (κ2) is 7.54. The molecular weight excluding hydrogens is 318 g/mol. The molecule has 1 aliphatic carbocycles. The topological polar surface area (TPSA) is 70.7 Å². The normalized spacial score (nSPS) is 28.6. The van der Waals surface area contributed by atoms with Gasteiger partial charge in [-0.15, -0.1) is 0 Å². The molecule has 2 N–H and O–H groups in total. The number of ether oxygens (including phenoxy) is 1. The quantitative estimate of drug-likeness (QED) is 0.799. The summed E-state index contributed by atoms with van der Waals surface area (Å²) in [5.41, 5.74) is 0.855. The predicted molar refractivity (Wildman–Crippen MR) is 94.7 cm³/mol. The average Bonchev–Trinajstić information content (AvgIpc) is 3.09. The monoisotopic (exact) mass is 345 g/mol. The Hall–Kier alpha value is -1.92. The van der Waals surface area contributed by atoms with Crippen LogP contribution in [-0.2, 0) is 20.9 Å². The average molecular weight is 345 g/mol. The van der Waals surface area contributed by atoms with E-state index in [4.69, 9.17) is 4.74 Å². The zero-order chi connectivity index (χ0) is 17.9. The van der Waals surface area contributed by atoms with Gasteiger partial charge in [-0.1, -0.05) is 30.3 Å². The first-order valence-corrected chi connectivity index (χ1v) is 8.84. The molecule has 1 saturated carbocycles. The van der Waals surface area contributed by atoms with E-state index in [1.165, 1.54) is 12.7 Å². The molecule has 6 nitrogen and oxygen atoms in total. The van der Waals surface area contributed by atoms with Crippen molar-refractivity contribution in [1.82, 2.24) is 15.5 Å². The maximum absolute atomic E-state index is 12.7. The molecule has 0 aromatic heterocycles. The molecule has 136 valence electrons. The second-order valence-corrected chi connectivity index (χ2v) is 7.22. The van der Waals surface area contributed by atoms with Gasteiger partial charge in [-0.3, -0.25) is 14.5 Å². The number of hydrogen-bond acceptors (Lipinski definition) is 4. The van der Waals surface area contributed by atoms with Gasteiger partial charge < -0.3 is 15.4 Å². The summed E-state index contributed by atoms with van der Waals surface area (Å²) in [7, 11) is 3.21. The van der Waals surface area contributed by atoms with Crippen molar-refractivity contribution >= 4 is 11.8 Å². The molecule has 0 bridgehead atoms. The molecule has 0 spiro atoms. The minimum atomic E-state index is -0.408. The molecule has 1 aliphatic heterocycles. The van der Waals surface area contributed by atoms with Crippen LogP contribution < -0.4 is 10.6 Å². The van der Waals surface area contributed by atoms with E-state index in [9.17, 15) is 9.59 Å². The Kier molecular flexibility index (Phi) is 5.39. The van der Waals surface area contributed by atoms with Crippen molar-refractivity contribution in [3.63, 3.8) is 0 Å². The Morgan fingerprint density at radius 3 is 2.76 bits per heavy atom. The van der Waals surface area contributed by atoms with Crippen molar-refractivity contribution < 1.29 is 14.3 Å². The molecule has 1 aromatic rings. The molecule has 0 radical (unpaired) electrons. The Balaban J connectivity index is 1.69. The molecule has 6 heteroatoms. The van der Waals surface area contributed by atoms with Gasteiger partial charge in [-0.25, -0.2) is 0 Å². The van der Waals surface area contributed by atoms with Gasteiger partial charge >= 0.3 is 0 Å². The molecule has 1 saturated heterocycles. The lowest BCUT2D eigenvalue weighted by Gasteiger charge is -2.27. The molecule has 1 aromatic carbocycles. The number of amides is 2. The summed E-state index contributed by atoms with van der Waals surface area (Å²) in [5.74, 6) is 0.251. The van der Waals surface area contributed by atoms with Gasteiger partial charge in [0, 0.05) is 39.8 Å². The van der Waals surface area contributed by atoms with Crippen molar-refractivity contribution in [3.8, 4) is 0 Å². The van der Waals surface area contributed by atoms with Crippen LogP contribution in [-0.4, -0.2) is 56.6 Å². The maximum Gasteiger partial charge on any atom is 0.246 e. The largest absolute Gasteiger partial charge is 0.375 e. The number of fused-ring (bicyclic) bond motifs is 1. The fourth-order valence-corrected chi connectivity index (χ4v) is 4.55. The van der Waals surface area contributed by atoms with E-state index >= 15 is 0 Å². The first kappa shape index (κ1) is 17.9. The van der Waals surface area contributed by atoms with Crippen molar-refractivity contribution in [2.75, 3.05) is 33.9 Å². The van der Waals surface area contributed by atoms with Crippen molar-refractivity contribution in [2.24, 2.45) is 11.3 Å². The Labute approximate surface area is 148 Å². The number of carbonyl (C=O) groups is 2. The highest BCUT2D eigenvalue weighted by molar-refractivity contribution is 5.84. The van der Waals surface area contributed by atoms with E-state index in [2.05, 4.69) is 27.7 Å². The Morgan fingerprint density at radius 2 is 2.08 bits per heavy atom. The third kappa shape index (κ3) is 3.70. The zero-order valence-corrected chi connectivity index (χ0v) is 15.0. The molecule has 3 rings (SSSR count). The summed E-state index contributed by atoms with van der Waals surface area (Å²) in [6.45, 7) is 2.55. The Bertz CT molecular complexity index is 622. The fraction of sp³-hybridized carbons (Fsp3) is 0.579. The second-order valence-electron chi connectivity index (χ2n) is 7.22. The fourth-order valence-electron chi connectivity index (χ4n) is 4.55. The third-order valence-corrected chi connectivity index (χ3v) is 5.51. The SMILES string of the molecule is CNC(=O)[C@]12C[C@@H](NC(=O)COC)C[C@H]1CN(Cc1ccccc1)C2. The molecule has 3 atom stereocenters. The molecule has 1 heterocycles. The molecule has 25 heavy (non-hydrogen) atoms. The maximum atomic E-state index is 12.7. The number of likely N-dealkylation sites (tertiary alicyclic amines) is 1. The summed E-state index contributed by atoms with van der Waals surface area (Å²) in [6.07, 6.45) is 1.53. The number of benzene rings is 1. The van der Waals surface area contributed by atoms with Gasteiger partial charge in [0.05, 0.1) is 5.41 Å². The van der Waals surface area contributed by atoms with Crippen LogP contribution >= 0.6 is 0 Å². The van der Waals surface area contributed by atoms with Crippen molar-refractivity contribution in [2.45, 2.75) is 25.4 Å². The van der Waals surface area contributed by atoms with Crippen LogP contribution in [0.2, 0.25) is 0 Å². The number of nitrogens with zero attached hydrogens (tertiary/aromatic N) is 1. The lowest BCUT2D eigenvalue weighted by atomic mass is 9.80. The van der Waals surface area contributed by atoms with Crippen LogP contribution in [0.25, 0.3) is 0 Å². The van der Waals surface area contributed by atoms with Crippen LogP contribution in [0.5, 0.6) is 0 Å². The van der Waals surface area contributed by atoms with Crippen LogP contribution in [0, 0.1) is 11.3 Å². The molecule has 2 fully saturated rings.